The third kappa shape index (κ3) is 3.93. The first-order valence-electron chi connectivity index (χ1n) is 5.51. The number of hydrogen-bond acceptors (Lipinski definition) is 3. The van der Waals surface area contributed by atoms with E-state index in [1.165, 1.54) is 5.75 Å². The molecule has 92 valence electrons. The molecule has 0 bridgehead atoms. The van der Waals surface area contributed by atoms with Crippen LogP contribution in [0.15, 0.2) is 22.7 Å². The Morgan fingerprint density at radius 3 is 2.76 bits per heavy atom. The number of nitrogens with zero attached hydrogens (tertiary/aromatic N) is 2. The van der Waals surface area contributed by atoms with Crippen molar-refractivity contribution in [3.8, 4) is 6.07 Å². The minimum absolute atomic E-state index is 0.492. The molecule has 0 aliphatic carbocycles. The molecule has 0 radical (unpaired) electrons. The summed E-state index contributed by atoms with van der Waals surface area (Å²) in [6, 6.07) is 8.36. The molecule has 1 aromatic carbocycles. The van der Waals surface area contributed by atoms with Crippen molar-refractivity contribution in [2.75, 3.05) is 24.0 Å². The molecule has 1 atom stereocenters. The van der Waals surface area contributed by atoms with Crippen LogP contribution in [-0.4, -0.2) is 25.1 Å². The second kappa shape index (κ2) is 6.93. The molecule has 2 nitrogen and oxygen atoms in total. The van der Waals surface area contributed by atoms with Crippen LogP contribution < -0.4 is 4.90 Å². The van der Waals surface area contributed by atoms with E-state index in [4.69, 9.17) is 5.26 Å². The minimum atomic E-state index is 0.492. The molecule has 0 aliphatic heterocycles. The number of thioether (sulfide) groups is 1. The number of halogens is 1. The number of rotatable bonds is 5. The average Bonchev–Trinajstić information content (AvgIpc) is 2.34. The molecule has 4 heteroatoms. The number of nitriles is 1. The summed E-state index contributed by atoms with van der Waals surface area (Å²) in [6.45, 7) is 2.22. The van der Waals surface area contributed by atoms with Gasteiger partial charge in [-0.15, -0.1) is 0 Å². The van der Waals surface area contributed by atoms with E-state index in [2.05, 4.69) is 47.1 Å². The Hall–Kier alpha value is -0.660. The van der Waals surface area contributed by atoms with Crippen molar-refractivity contribution >= 4 is 33.4 Å². The normalized spacial score (nSPS) is 11.9. The molecular formula is C13H17BrN2S. The topological polar surface area (TPSA) is 27.0 Å². The van der Waals surface area contributed by atoms with Crippen molar-refractivity contribution in [2.45, 2.75) is 19.4 Å². The van der Waals surface area contributed by atoms with E-state index < -0.39 is 0 Å². The summed E-state index contributed by atoms with van der Waals surface area (Å²) in [4.78, 5) is 2.25. The number of hydrogen-bond donors (Lipinski definition) is 0. The predicted molar refractivity (Wildman–Crippen MR) is 79.7 cm³/mol. The Kier molecular flexibility index (Phi) is 5.87. The van der Waals surface area contributed by atoms with Crippen LogP contribution in [0.1, 0.15) is 18.9 Å². The monoisotopic (exact) mass is 312 g/mol. The third-order valence-electron chi connectivity index (χ3n) is 2.86. The average molecular weight is 313 g/mol. The highest BCUT2D eigenvalue weighted by Crippen LogP contribution is 2.28. The second-order valence-corrected chi connectivity index (χ2v) is 5.86. The molecule has 0 fully saturated rings. The van der Waals surface area contributed by atoms with Gasteiger partial charge in [0.2, 0.25) is 0 Å². The lowest BCUT2D eigenvalue weighted by atomic mass is 10.1. The summed E-state index contributed by atoms with van der Waals surface area (Å²) in [5.41, 5.74) is 1.82. The summed E-state index contributed by atoms with van der Waals surface area (Å²) >= 11 is 5.40. The Morgan fingerprint density at radius 2 is 2.24 bits per heavy atom. The van der Waals surface area contributed by atoms with Gasteiger partial charge in [0.05, 0.1) is 17.3 Å². The van der Waals surface area contributed by atoms with E-state index in [0.717, 1.165) is 16.6 Å². The highest BCUT2D eigenvalue weighted by molar-refractivity contribution is 9.10. The molecular weight excluding hydrogens is 296 g/mol. The first-order chi connectivity index (χ1) is 8.10. The number of anilines is 1. The molecule has 1 aromatic rings. The van der Waals surface area contributed by atoms with Crippen LogP contribution >= 0.6 is 27.7 Å². The molecule has 0 heterocycles. The van der Waals surface area contributed by atoms with Crippen molar-refractivity contribution in [2.24, 2.45) is 0 Å². The maximum absolute atomic E-state index is 8.83. The summed E-state index contributed by atoms with van der Waals surface area (Å²) in [5.74, 6) is 1.17. The fourth-order valence-electron chi connectivity index (χ4n) is 1.58. The van der Waals surface area contributed by atoms with Gasteiger partial charge in [-0.1, -0.05) is 0 Å². The predicted octanol–water partition coefficient (Wildman–Crippen LogP) is 3.90. The molecule has 17 heavy (non-hydrogen) atoms. The van der Waals surface area contributed by atoms with Crippen molar-refractivity contribution in [3.05, 3.63) is 28.2 Å². The largest absolute Gasteiger partial charge is 0.371 e. The van der Waals surface area contributed by atoms with Crippen LogP contribution in [0.2, 0.25) is 0 Å². The van der Waals surface area contributed by atoms with E-state index in [1.807, 2.05) is 30.0 Å². The molecule has 0 N–H and O–H groups in total. The fourth-order valence-corrected chi connectivity index (χ4v) is 2.82. The van der Waals surface area contributed by atoms with Gasteiger partial charge >= 0.3 is 0 Å². The first-order valence-corrected chi connectivity index (χ1v) is 7.70. The first kappa shape index (κ1) is 14.4. The molecule has 0 amide bonds. The lowest BCUT2D eigenvalue weighted by Gasteiger charge is -2.28. The van der Waals surface area contributed by atoms with E-state index in [9.17, 15) is 0 Å². The van der Waals surface area contributed by atoms with E-state index >= 15 is 0 Å². The van der Waals surface area contributed by atoms with Gasteiger partial charge in [-0.2, -0.15) is 17.0 Å². The Morgan fingerprint density at radius 1 is 1.53 bits per heavy atom. The van der Waals surface area contributed by atoms with Crippen LogP contribution in [0.4, 0.5) is 5.69 Å². The van der Waals surface area contributed by atoms with Gasteiger partial charge in [0, 0.05) is 17.6 Å². The Bertz CT molecular complexity index is 414. The van der Waals surface area contributed by atoms with Crippen LogP contribution in [0, 0.1) is 11.3 Å². The van der Waals surface area contributed by atoms with Crippen LogP contribution in [0.3, 0.4) is 0 Å². The van der Waals surface area contributed by atoms with Gasteiger partial charge in [-0.05, 0) is 59.5 Å². The quantitative estimate of drug-likeness (QED) is 0.825. The van der Waals surface area contributed by atoms with Crippen molar-refractivity contribution in [1.82, 2.24) is 0 Å². The van der Waals surface area contributed by atoms with Gasteiger partial charge < -0.3 is 4.90 Å². The minimum Gasteiger partial charge on any atom is -0.371 e. The summed E-state index contributed by atoms with van der Waals surface area (Å²) in [6.07, 6.45) is 3.29. The second-order valence-electron chi connectivity index (χ2n) is 4.02. The lowest BCUT2D eigenvalue weighted by molar-refractivity contribution is 0.668. The summed E-state index contributed by atoms with van der Waals surface area (Å²) < 4.78 is 0.982. The maximum atomic E-state index is 8.83. The zero-order valence-corrected chi connectivity index (χ0v) is 12.8. The van der Waals surface area contributed by atoms with E-state index in [-0.39, 0.29) is 0 Å². The number of benzene rings is 1. The van der Waals surface area contributed by atoms with Gasteiger partial charge in [-0.3, -0.25) is 0 Å². The Labute approximate surface area is 116 Å². The fraction of sp³-hybridized carbons (Fsp3) is 0.462. The zero-order chi connectivity index (χ0) is 12.8. The standard InChI is InChI=1S/C13H17BrN2S/c1-10(6-7-17-3)16(2)13-5-4-11(9-15)8-12(13)14/h4-5,8,10H,6-7H2,1-3H3. The van der Waals surface area contributed by atoms with Crippen molar-refractivity contribution in [3.63, 3.8) is 0 Å². The molecule has 0 aliphatic rings. The lowest BCUT2D eigenvalue weighted by Crippen LogP contribution is -2.29. The molecule has 0 aromatic heterocycles. The summed E-state index contributed by atoms with van der Waals surface area (Å²) in [7, 11) is 2.09. The van der Waals surface area contributed by atoms with Gasteiger partial charge in [0.25, 0.3) is 0 Å². The van der Waals surface area contributed by atoms with E-state index in [0.29, 0.717) is 11.6 Å². The maximum Gasteiger partial charge on any atom is 0.0992 e. The summed E-state index contributed by atoms with van der Waals surface area (Å²) in [5, 5.41) is 8.83. The van der Waals surface area contributed by atoms with Crippen LogP contribution in [-0.2, 0) is 0 Å². The van der Waals surface area contributed by atoms with Gasteiger partial charge in [0.1, 0.15) is 0 Å². The van der Waals surface area contributed by atoms with Crippen molar-refractivity contribution in [1.29, 1.82) is 5.26 Å². The highest BCUT2D eigenvalue weighted by atomic mass is 79.9. The molecule has 1 unspecified atom stereocenters. The molecule has 0 saturated heterocycles. The third-order valence-corrected chi connectivity index (χ3v) is 4.14. The molecule has 0 spiro atoms. The van der Waals surface area contributed by atoms with Crippen molar-refractivity contribution < 1.29 is 0 Å². The molecule has 0 saturated carbocycles. The van der Waals surface area contributed by atoms with Gasteiger partial charge in [-0.25, -0.2) is 0 Å². The smallest absolute Gasteiger partial charge is 0.0992 e. The van der Waals surface area contributed by atoms with Crippen LogP contribution in [0.5, 0.6) is 0 Å². The zero-order valence-electron chi connectivity index (χ0n) is 10.4. The SMILES string of the molecule is CSCCC(C)N(C)c1ccc(C#N)cc1Br. The highest BCUT2D eigenvalue weighted by Gasteiger charge is 2.12. The molecule has 1 rings (SSSR count). The van der Waals surface area contributed by atoms with Crippen LogP contribution in [0.25, 0.3) is 0 Å². The van der Waals surface area contributed by atoms with E-state index in [1.54, 1.807) is 0 Å². The Balaban J connectivity index is 2.82. The van der Waals surface area contributed by atoms with Gasteiger partial charge in [0.15, 0.2) is 0 Å².